The highest BCUT2D eigenvalue weighted by atomic mass is 31.2. The number of nitrogens with two attached hydrogens (primary N) is 6. The molecule has 3 heterocycles. The number of imidazole rings is 1. The first-order valence-corrected chi connectivity index (χ1v) is 48.9. The number of ether oxygens (including phenoxy) is 4. The number of unbranched alkanes of at least 4 members (excludes halogenated alkanes) is 1. The summed E-state index contributed by atoms with van der Waals surface area (Å²) in [6, 6.07) is -0.825. The molecule has 7 amide bonds. The molecular formula is C86H192N18O24P2. The number of aromatic amines is 1. The van der Waals surface area contributed by atoms with E-state index in [2.05, 4.69) is 132 Å². The Morgan fingerprint density at radius 1 is 0.562 bits per heavy atom. The number of nitrogens with zero attached hydrogens (tertiary/aromatic N) is 2. The van der Waals surface area contributed by atoms with Gasteiger partial charge in [-0.15, -0.1) is 0 Å². The summed E-state index contributed by atoms with van der Waals surface area (Å²) in [4.78, 5) is 113. The third-order valence-corrected chi connectivity index (χ3v) is 16.8. The fourth-order valence-electron chi connectivity index (χ4n) is 9.04. The van der Waals surface area contributed by atoms with Gasteiger partial charge in [-0.05, 0) is 219 Å². The van der Waals surface area contributed by atoms with Gasteiger partial charge in [0, 0.05) is 145 Å². The van der Waals surface area contributed by atoms with Crippen molar-refractivity contribution >= 4 is 62.7 Å². The number of carbonyl (C=O) groups is 8. The lowest BCUT2D eigenvalue weighted by Crippen LogP contribution is -2.55. The van der Waals surface area contributed by atoms with Crippen molar-refractivity contribution in [2.24, 2.45) is 40.3 Å². The molecule has 1 aromatic heterocycles. The van der Waals surface area contributed by atoms with Crippen LogP contribution in [-0.4, -0.2) is 318 Å². The average Bonchev–Trinajstić information content (AvgIpc) is 0.877. The highest BCUT2D eigenvalue weighted by Gasteiger charge is 2.43. The van der Waals surface area contributed by atoms with Gasteiger partial charge in [-0.3, -0.25) is 56.9 Å². The van der Waals surface area contributed by atoms with E-state index in [4.69, 9.17) is 78.5 Å². The van der Waals surface area contributed by atoms with E-state index in [0.717, 1.165) is 77.3 Å². The van der Waals surface area contributed by atoms with Crippen molar-refractivity contribution in [3.8, 4) is 0 Å². The Morgan fingerprint density at radius 3 is 1.25 bits per heavy atom. The summed E-state index contributed by atoms with van der Waals surface area (Å²) in [6.07, 6.45) is 6.10. The first kappa shape index (κ1) is 145. The van der Waals surface area contributed by atoms with Crippen LogP contribution in [0.5, 0.6) is 0 Å². The van der Waals surface area contributed by atoms with Crippen molar-refractivity contribution in [2.45, 2.75) is 393 Å². The van der Waals surface area contributed by atoms with Crippen molar-refractivity contribution in [3.05, 3.63) is 18.2 Å². The Kier molecular flexibility index (Phi) is 102. The predicted molar refractivity (Wildman–Crippen MR) is 518 cm³/mol. The molecule has 0 saturated carbocycles. The van der Waals surface area contributed by atoms with E-state index in [9.17, 15) is 57.7 Å². The molecule has 29 N–H and O–H groups in total. The van der Waals surface area contributed by atoms with Crippen LogP contribution in [0.4, 0.5) is 0 Å². The zero-order valence-corrected chi connectivity index (χ0v) is 87.6. The van der Waals surface area contributed by atoms with E-state index in [0.29, 0.717) is 51.1 Å². The second kappa shape index (κ2) is 91.3. The second-order valence-corrected chi connectivity index (χ2v) is 37.1. The lowest BCUT2D eigenvalue weighted by molar-refractivity contribution is -0.296. The SMILES string of the molecule is CC(C)N1CCNCC1.CC(C)NC(=O)CCN.CC(C)NC(=O)[C@@H](N)CC(=O)O.CC(C)NC(=O)[C@@H](N)CCCCN.CC(C)NC(=O)[C@@H](N)CO.CC(C)NC(=O)[C@@H](N)Cc1cnc[nH]1.CC(C)OP(C)(=O)O.CC(C)O[C@@H]1O[C@H](CO)[C@@H](C)[C@H](O)[C@H]1O.CCC(=O)NC(C)C.CCCOC(C)C.CCCOC(C)C.CNCC(=O)NC(C)C.COP(=O)(O)OC(C)C. The Hall–Kier alpha value is -5.45. The monoisotopic (exact) mass is 1920 g/mol. The topological polar surface area (TPSA) is 673 Å². The van der Waals surface area contributed by atoms with Crippen LogP contribution >= 0.6 is 15.4 Å². The standard InChI is InChI=1S/C10H20O5.C9H16N4O.C9H21N3O.C7H14N2O3.C7H16N2.C6H14N2O2.2C6H14N2O.C6H13NO.2C6H14O.C4H11O4P.C4H11O3P/c1-5(2)14-10-9(13)8(12)6(3)7(4-11)15-10;1-6(2)13-9(14)8(10)3-7-4-11-5-12-7;1-7(2)12-9(13)8(11)5-3-4-6-10;1-4(2)9-7(12)5(8)3-6(10)11;1-7(2)9-5-3-8-4-6-9;1-4(2)8-6(10)5(7)3-9;1-5(2)8-6(9)4-7-3;1-5(2)8-6(9)3-4-7;1-4-6(8)7-5(2)3;2*1-4-5-7-6(2)3;1-4(2)8-9(5,6)7-3;1-4(2)7-8(3,5)6/h5-13H,4H2,1-3H3;4-6,8H,3,10H2,1-2H3,(H,11,12)(H,13,14);7-8H,3-6,10-11H2,1-2H3,(H,12,13);4-5H,3,8H2,1-2H3,(H,9,12)(H,10,11);7-8H,3-6H2,1-2H3;4-5,9H,3,7H2,1-2H3,(H,8,10);5,7H,4H2,1-3H3,(H,8,9);5H,3-4,7H2,1-2H3,(H,8,9);5H,4H2,1-3H3,(H,7,8);2*6H,4-5H2,1-3H3;4H,1-3H3,(H,5,6);4H,1-3H3,(H,5,6)/t6-,7-,8+,9-,10-;2*8-;5-;;5-;;;;;;;/m1000.0......./s1. The molecule has 2 aliphatic heterocycles. The summed E-state index contributed by atoms with van der Waals surface area (Å²) >= 11 is 0. The number of aromatic nitrogens is 2. The number of hydrogen-bond donors (Lipinski definition) is 23. The number of aliphatic carboxylic acids is 1. The minimum atomic E-state index is -3.73. The second-order valence-electron chi connectivity index (χ2n) is 33.7. The van der Waals surface area contributed by atoms with Gasteiger partial charge >= 0.3 is 21.4 Å². The van der Waals surface area contributed by atoms with E-state index < -0.39 is 70.0 Å². The Morgan fingerprint density at radius 2 is 0.969 bits per heavy atom. The zero-order valence-electron chi connectivity index (χ0n) is 85.8. The van der Waals surface area contributed by atoms with Gasteiger partial charge in [0.25, 0.3) is 0 Å². The molecule has 0 bridgehead atoms. The number of carbonyl (C=O) groups excluding carboxylic acids is 7. The Bertz CT molecular complexity index is 2890. The number of likely N-dealkylation sites (N-methyl/N-ethyl adjacent to an activating group) is 1. The summed E-state index contributed by atoms with van der Waals surface area (Å²) < 4.78 is 55.1. The average molecular weight is 1920 g/mol. The molecule has 44 heteroatoms. The third kappa shape index (κ3) is 111. The van der Waals surface area contributed by atoms with Crippen molar-refractivity contribution in [1.29, 1.82) is 0 Å². The fraction of sp³-hybridized carbons (Fsp3) is 0.872. The van der Waals surface area contributed by atoms with Gasteiger partial charge in [-0.1, -0.05) is 34.1 Å². The normalized spacial score (nSPS) is 16.8. The highest BCUT2D eigenvalue weighted by molar-refractivity contribution is 7.51. The number of hydrogen-bond acceptors (Lipinski definition) is 31. The molecule has 0 radical (unpaired) electrons. The van der Waals surface area contributed by atoms with Gasteiger partial charge in [-0.2, -0.15) is 0 Å². The predicted octanol–water partition coefficient (Wildman–Crippen LogP) is 4.24. The Labute approximate surface area is 782 Å². The van der Waals surface area contributed by atoms with Crippen molar-refractivity contribution in [1.82, 2.24) is 62.7 Å². The highest BCUT2D eigenvalue weighted by Crippen LogP contribution is 2.43. The maximum absolute atomic E-state index is 11.4. The molecule has 780 valence electrons. The number of aliphatic hydroxyl groups is 4. The number of carboxylic acid groups (broad SMARTS) is 1. The fourth-order valence-corrected chi connectivity index (χ4v) is 10.4. The Balaban J connectivity index is -0.000000151. The lowest BCUT2D eigenvalue weighted by atomic mass is 9.91. The quantitative estimate of drug-likeness (QED) is 0.0323. The van der Waals surface area contributed by atoms with Gasteiger partial charge in [-0.25, -0.2) is 9.55 Å². The minimum Gasteiger partial charge on any atom is -0.481 e. The molecule has 0 spiro atoms. The van der Waals surface area contributed by atoms with Crippen LogP contribution in [0.1, 0.15) is 265 Å². The summed E-state index contributed by atoms with van der Waals surface area (Å²) in [5, 5.41) is 70.1. The first-order chi connectivity index (χ1) is 59.9. The number of piperazine rings is 1. The van der Waals surface area contributed by atoms with Crippen LogP contribution in [0.15, 0.2) is 12.5 Å². The van der Waals surface area contributed by atoms with E-state index in [-0.39, 0.29) is 128 Å². The van der Waals surface area contributed by atoms with Crippen LogP contribution in [0.25, 0.3) is 0 Å². The van der Waals surface area contributed by atoms with E-state index in [1.165, 1.54) is 19.8 Å². The third-order valence-electron chi connectivity index (χ3n) is 14.8. The van der Waals surface area contributed by atoms with Gasteiger partial charge in [0.15, 0.2) is 6.29 Å². The van der Waals surface area contributed by atoms with Gasteiger partial charge in [0.2, 0.25) is 41.4 Å². The van der Waals surface area contributed by atoms with Crippen molar-refractivity contribution < 1.29 is 115 Å². The lowest BCUT2D eigenvalue weighted by Gasteiger charge is -2.41. The number of nitrogens with one attached hydrogen (secondary N) is 10. The molecule has 42 nitrogen and oxygen atoms in total. The number of carboxylic acids is 1. The van der Waals surface area contributed by atoms with Crippen LogP contribution in [0, 0.1) is 5.92 Å². The van der Waals surface area contributed by atoms with Crippen LogP contribution in [0.2, 0.25) is 0 Å². The number of phosphoric acid groups is 1. The number of amides is 7. The van der Waals surface area contributed by atoms with Crippen LogP contribution < -0.4 is 82.3 Å². The molecule has 0 aromatic carbocycles. The zero-order chi connectivity index (χ0) is 104. The van der Waals surface area contributed by atoms with E-state index in [1.807, 2.05) is 104 Å². The molecule has 11 atom stereocenters. The van der Waals surface area contributed by atoms with Crippen molar-refractivity contribution in [3.63, 3.8) is 0 Å². The maximum atomic E-state index is 11.4. The smallest absolute Gasteiger partial charge is 0.472 e. The molecule has 2 aliphatic rings. The molecule has 130 heavy (non-hydrogen) atoms. The van der Waals surface area contributed by atoms with Crippen molar-refractivity contribution in [2.75, 3.05) is 93.1 Å². The molecule has 2 fully saturated rings. The molecule has 2 unspecified atom stereocenters. The summed E-state index contributed by atoms with van der Waals surface area (Å²) in [5.74, 6) is -2.09. The molecular weight excluding hydrogens is 1730 g/mol. The van der Waals surface area contributed by atoms with Gasteiger partial charge in [0.1, 0.15) is 12.1 Å². The maximum Gasteiger partial charge on any atom is 0.472 e. The molecule has 0 aliphatic carbocycles. The number of phosphoric ester groups is 1. The summed E-state index contributed by atoms with van der Waals surface area (Å²) in [7, 11) is -4.07. The van der Waals surface area contributed by atoms with Gasteiger partial charge < -0.3 is 146 Å². The number of H-pyrrole nitrogens is 1. The number of rotatable bonds is 40. The van der Waals surface area contributed by atoms with E-state index >= 15 is 0 Å². The minimum absolute atomic E-state index is 0.0163. The van der Waals surface area contributed by atoms with Crippen LogP contribution in [0.3, 0.4) is 0 Å². The van der Waals surface area contributed by atoms with Gasteiger partial charge in [0.05, 0.1) is 93.4 Å². The molecule has 2 saturated heterocycles. The molecule has 3 rings (SSSR count). The first-order valence-electron chi connectivity index (χ1n) is 45.4. The molecule has 1 aromatic rings. The summed E-state index contributed by atoms with van der Waals surface area (Å²) in [5.41, 5.74) is 33.2. The largest absolute Gasteiger partial charge is 0.481 e. The van der Waals surface area contributed by atoms with Crippen LogP contribution in [-0.2, 0) is 86.4 Å². The number of aliphatic hydroxyl groups excluding tert-OH is 4. The summed E-state index contributed by atoms with van der Waals surface area (Å²) in [6.45, 7) is 66.1. The van der Waals surface area contributed by atoms with E-state index in [1.54, 1.807) is 68.0 Å².